The van der Waals surface area contributed by atoms with Crippen LogP contribution in [0.4, 0.5) is 0 Å². The summed E-state index contributed by atoms with van der Waals surface area (Å²) in [5, 5.41) is 69.8. The summed E-state index contributed by atoms with van der Waals surface area (Å²) < 4.78 is 40.1. The SMILES string of the molecule is CC[C@H]1OC(=O)[C@H](C)[C@@H](CO[C@H]2C[C@@](C)(OC)[C@@H](O)[C@H](C)O2)[C@H](C)[C@@H](O[C@@H]2O[C@H](C)C[C@H](N(C)C)[C@H]2O)[C@](C)(O)C[C@@H](C)CN(C(=O)CCCCCC[P+](c2cc(C)cc(C)c2)(c2cc(C)cc(C)c2)c2cnn(C(C)C)c2)[C@H](C)[C@@H](O)[C@]1(C)O. The summed E-state index contributed by atoms with van der Waals surface area (Å²) in [5.74, 6) is -3.72. The third-order valence-electron chi connectivity index (χ3n) is 19.2. The van der Waals surface area contributed by atoms with E-state index in [1.54, 1.807) is 46.4 Å². The number of nitrogens with zero attached hydrogens (tertiary/aromatic N) is 4. The Morgan fingerprint density at radius 2 is 1.42 bits per heavy atom. The summed E-state index contributed by atoms with van der Waals surface area (Å²) in [7, 11) is 3.07. The van der Waals surface area contributed by atoms with E-state index in [0.717, 1.165) is 25.4 Å². The molecule has 0 unspecified atom stereocenters. The van der Waals surface area contributed by atoms with Crippen LogP contribution in [0.15, 0.2) is 48.8 Å². The second-order valence-corrected chi connectivity index (χ2v) is 30.9. The lowest BCUT2D eigenvalue weighted by molar-refractivity contribution is -0.302. The van der Waals surface area contributed by atoms with Gasteiger partial charge in [-0.1, -0.05) is 46.2 Å². The van der Waals surface area contributed by atoms with Crippen molar-refractivity contribution in [1.82, 2.24) is 19.6 Å². The van der Waals surface area contributed by atoms with E-state index in [9.17, 15) is 35.1 Å². The molecule has 3 fully saturated rings. The molecule has 1 amide bonds. The van der Waals surface area contributed by atoms with Crippen molar-refractivity contribution in [2.24, 2.45) is 23.7 Å². The van der Waals surface area contributed by atoms with Crippen molar-refractivity contribution in [3.63, 3.8) is 0 Å². The van der Waals surface area contributed by atoms with Gasteiger partial charge in [0.15, 0.2) is 12.6 Å². The van der Waals surface area contributed by atoms with Gasteiger partial charge in [0, 0.05) is 44.5 Å². The minimum Gasteiger partial charge on any atom is -0.459 e. The van der Waals surface area contributed by atoms with E-state index >= 15 is 0 Å². The maximum absolute atomic E-state index is 15.0. The first-order chi connectivity index (χ1) is 39.7. The van der Waals surface area contributed by atoms with E-state index in [1.165, 1.54) is 52.2 Å². The molecule has 3 saturated heterocycles. The minimum absolute atomic E-state index is 0.0830. The lowest BCUT2D eigenvalue weighted by atomic mass is 9.73. The van der Waals surface area contributed by atoms with E-state index in [1.807, 2.05) is 39.8 Å². The molecule has 3 aliphatic rings. The lowest BCUT2D eigenvalue weighted by Crippen LogP contribution is -2.60. The summed E-state index contributed by atoms with van der Waals surface area (Å²) in [6.07, 6.45) is 0.660. The molecule has 3 aliphatic heterocycles. The van der Waals surface area contributed by atoms with Gasteiger partial charge in [0.05, 0.1) is 66.6 Å². The number of aromatic nitrogens is 2. The topological polar surface area (TPSA) is 215 Å². The molecule has 85 heavy (non-hydrogen) atoms. The van der Waals surface area contributed by atoms with Crippen molar-refractivity contribution < 1.29 is 63.5 Å². The van der Waals surface area contributed by atoms with Crippen LogP contribution in [0, 0.1) is 51.4 Å². The number of unbranched alkanes of at least 4 members (excludes halogenated alkanes) is 3. The molecular formula is C67H110N4O13P+. The molecule has 1 aromatic heterocycles. The monoisotopic (exact) mass is 1210 g/mol. The third kappa shape index (κ3) is 16.5. The zero-order valence-electron chi connectivity index (χ0n) is 55.1. The van der Waals surface area contributed by atoms with Crippen molar-refractivity contribution in [2.45, 2.75) is 259 Å². The van der Waals surface area contributed by atoms with Gasteiger partial charge in [-0.2, -0.15) is 5.10 Å². The quantitative estimate of drug-likeness (QED) is 0.0437. The molecule has 18 atom stereocenters. The van der Waals surface area contributed by atoms with Gasteiger partial charge in [0.1, 0.15) is 53.2 Å². The second kappa shape index (κ2) is 29.5. The number of rotatable bonds is 19. The molecule has 3 aromatic rings. The predicted molar refractivity (Wildman–Crippen MR) is 336 cm³/mol. The molecule has 0 radical (unpaired) electrons. The Morgan fingerprint density at radius 1 is 0.835 bits per heavy atom. The summed E-state index contributed by atoms with van der Waals surface area (Å²) in [4.78, 5) is 33.3. The van der Waals surface area contributed by atoms with Crippen LogP contribution in [0.5, 0.6) is 0 Å². The van der Waals surface area contributed by atoms with Crippen molar-refractivity contribution in [1.29, 1.82) is 0 Å². The van der Waals surface area contributed by atoms with Crippen LogP contribution >= 0.6 is 7.26 Å². The Labute approximate surface area is 510 Å². The van der Waals surface area contributed by atoms with E-state index in [0.29, 0.717) is 12.8 Å². The first kappa shape index (κ1) is 70.7. The second-order valence-electron chi connectivity index (χ2n) is 27.3. The van der Waals surface area contributed by atoms with E-state index in [-0.39, 0.29) is 62.9 Å². The Hall–Kier alpha value is -3.42. The number of aliphatic hydroxyl groups is 5. The van der Waals surface area contributed by atoms with Crippen LogP contribution in [0.1, 0.15) is 169 Å². The number of aryl methyl sites for hydroxylation is 4. The Bertz CT molecular complexity index is 2560. The fourth-order valence-electron chi connectivity index (χ4n) is 14.2. The Balaban J connectivity index is 1.31. The fourth-order valence-corrected chi connectivity index (χ4v) is 18.8. The highest BCUT2D eigenvalue weighted by molar-refractivity contribution is 7.95. The van der Waals surface area contributed by atoms with Crippen LogP contribution < -0.4 is 15.9 Å². The van der Waals surface area contributed by atoms with E-state index in [4.69, 9.17) is 33.5 Å². The fraction of sp³-hybridized carbons (Fsp3) is 0.746. The van der Waals surface area contributed by atoms with Crippen molar-refractivity contribution >= 4 is 35.1 Å². The molecular weight excluding hydrogens is 1100 g/mol. The average molecular weight is 1210 g/mol. The van der Waals surface area contributed by atoms with Crippen molar-refractivity contribution in [3.05, 3.63) is 71.0 Å². The number of amides is 1. The number of likely N-dealkylation sites (N-methyl/N-ethyl adjacent to an activating group) is 1. The smallest absolute Gasteiger partial charge is 0.309 e. The zero-order chi connectivity index (χ0) is 63.3. The zero-order valence-corrected chi connectivity index (χ0v) is 56.0. The molecule has 0 aliphatic carbocycles. The minimum atomic E-state index is -2.23. The van der Waals surface area contributed by atoms with Crippen molar-refractivity contribution in [2.75, 3.05) is 40.5 Å². The van der Waals surface area contributed by atoms with Gasteiger partial charge in [-0.3, -0.25) is 14.3 Å². The number of benzene rings is 2. The molecule has 0 spiro atoms. The van der Waals surface area contributed by atoms with Gasteiger partial charge in [-0.15, -0.1) is 0 Å². The maximum Gasteiger partial charge on any atom is 0.309 e. The maximum atomic E-state index is 15.0. The highest BCUT2D eigenvalue weighted by Crippen LogP contribution is 2.57. The van der Waals surface area contributed by atoms with Gasteiger partial charge < -0.3 is 63.8 Å². The number of aliphatic hydroxyl groups excluding tert-OH is 3. The van der Waals surface area contributed by atoms with Crippen LogP contribution in [0.3, 0.4) is 0 Å². The summed E-state index contributed by atoms with van der Waals surface area (Å²) in [6.45, 7) is 30.6. The number of cyclic esters (lactones) is 1. The normalized spacial score (nSPS) is 35.0. The molecule has 17 nitrogen and oxygen atoms in total. The van der Waals surface area contributed by atoms with Crippen molar-refractivity contribution in [3.8, 4) is 0 Å². The van der Waals surface area contributed by atoms with Crippen LogP contribution in [0.2, 0.25) is 0 Å². The van der Waals surface area contributed by atoms with Crippen LogP contribution in [0.25, 0.3) is 0 Å². The predicted octanol–water partition coefficient (Wildman–Crippen LogP) is 8.00. The van der Waals surface area contributed by atoms with Gasteiger partial charge in [-0.05, 0) is 194 Å². The number of esters is 1. The molecule has 0 saturated carbocycles. The molecule has 18 heteroatoms. The van der Waals surface area contributed by atoms with Gasteiger partial charge in [-0.25, -0.2) is 0 Å². The first-order valence-electron chi connectivity index (χ1n) is 31.6. The molecule has 0 bridgehead atoms. The largest absolute Gasteiger partial charge is 0.459 e. The molecule has 2 aromatic carbocycles. The van der Waals surface area contributed by atoms with Gasteiger partial charge >= 0.3 is 5.97 Å². The summed E-state index contributed by atoms with van der Waals surface area (Å²) in [6, 6.07) is 12.8. The molecule has 6 rings (SSSR count). The number of methoxy groups -OCH3 is 1. The molecule has 480 valence electrons. The van der Waals surface area contributed by atoms with E-state index < -0.39 is 109 Å². The van der Waals surface area contributed by atoms with Crippen LogP contribution in [-0.2, 0) is 38.0 Å². The Kier molecular flexibility index (Phi) is 24.5. The highest BCUT2D eigenvalue weighted by atomic mass is 31.2. The number of hydrogen-bond acceptors (Lipinski definition) is 15. The first-order valence-corrected chi connectivity index (χ1v) is 33.6. The lowest BCUT2D eigenvalue weighted by Gasteiger charge is -2.48. The summed E-state index contributed by atoms with van der Waals surface area (Å²) in [5.41, 5.74) is 0.184. The van der Waals surface area contributed by atoms with Gasteiger partial charge in [0.2, 0.25) is 5.91 Å². The summed E-state index contributed by atoms with van der Waals surface area (Å²) >= 11 is 0. The highest BCUT2D eigenvalue weighted by Gasteiger charge is 2.53. The number of carbonyl (C=O) groups excluding carboxylic acids is 2. The van der Waals surface area contributed by atoms with Gasteiger partial charge in [0.25, 0.3) is 0 Å². The molecule has 5 N–H and O–H groups in total. The molecule has 4 heterocycles. The van der Waals surface area contributed by atoms with E-state index in [2.05, 4.69) is 95.0 Å². The standard InChI is InChI=1S/C67H110N4O13P/c1-20-56-67(16,78)60(74)49(12)70(57(72)25-23-21-22-24-26-85(51-29-41(4)27-42(5)30-51,52-31-43(6)28-44(7)32-52)53-36-68-71(38-53)40(2)3)37-45(8)34-65(14,77)62(84-64-59(73)55(69(17)18)33-46(9)81-64)47(10)54(48(11)63(76)83-56)39-80-58-35-66(15,79-19)61(75)50(13)82-58/h27-32,36,38,40,45-50,54-56,58-62,64,73-75,77-78H,20-26,33-35,37,39H2,1-19H3/q+1/t45-,46-,47+,48-,49-,50+,54+,55+,56-,58-,59-,60-,61+,62-,64+,65-,66-,67-/m1/s1. The number of ether oxygens (including phenoxy) is 6. The average Bonchev–Trinajstić information content (AvgIpc) is 2.08. The third-order valence-corrected chi connectivity index (χ3v) is 23.6. The number of carbonyl (C=O) groups is 2. The Morgan fingerprint density at radius 3 is 1.96 bits per heavy atom. The van der Waals surface area contributed by atoms with Crippen LogP contribution in [-0.4, -0.2) is 182 Å². The number of hydrogen-bond donors (Lipinski definition) is 5.